The van der Waals surface area contributed by atoms with Crippen LogP contribution in [0.2, 0.25) is 0 Å². The molecule has 0 saturated heterocycles. The van der Waals surface area contributed by atoms with Crippen molar-refractivity contribution in [3.63, 3.8) is 0 Å². The van der Waals surface area contributed by atoms with Gasteiger partial charge in [0.15, 0.2) is 0 Å². The predicted octanol–water partition coefficient (Wildman–Crippen LogP) is 3.01. The van der Waals surface area contributed by atoms with Crippen LogP contribution < -0.4 is 0 Å². The zero-order chi connectivity index (χ0) is 14.0. The molecule has 0 fully saturated rings. The summed E-state index contributed by atoms with van der Waals surface area (Å²) in [6.07, 6.45) is 5.53. The molecule has 18 heavy (non-hydrogen) atoms. The average molecular weight is 256 g/mol. The number of carbonyl (C=O) groups is 2. The highest BCUT2D eigenvalue weighted by Gasteiger charge is 2.08. The highest BCUT2D eigenvalue weighted by Crippen LogP contribution is 2.03. The molecule has 2 unspecified atom stereocenters. The smallest absolute Gasteiger partial charge is 0.331 e. The molecule has 104 valence electrons. The van der Waals surface area contributed by atoms with E-state index in [0.29, 0.717) is 0 Å². The van der Waals surface area contributed by atoms with Gasteiger partial charge in [-0.3, -0.25) is 0 Å². The molecule has 0 radical (unpaired) electrons. The average Bonchev–Trinajstić information content (AvgIpc) is 2.27. The van der Waals surface area contributed by atoms with Crippen LogP contribution in [0, 0.1) is 0 Å². The fraction of sp³-hybridized carbons (Fsp3) is 0.714. The largest absolute Gasteiger partial charge is 0.460 e. The third-order valence-electron chi connectivity index (χ3n) is 2.38. The molecule has 0 spiro atoms. The van der Waals surface area contributed by atoms with E-state index >= 15 is 0 Å². The molecule has 0 aliphatic rings. The molecule has 4 nitrogen and oxygen atoms in total. The molecule has 0 bridgehead atoms. The Balaban J connectivity index is 3.98. The first kappa shape index (κ1) is 16.7. The number of rotatable bonds is 8. The Morgan fingerprint density at radius 3 is 1.50 bits per heavy atom. The molecule has 0 aromatic heterocycles. The van der Waals surface area contributed by atoms with Gasteiger partial charge in [0.05, 0.1) is 12.2 Å². The van der Waals surface area contributed by atoms with Gasteiger partial charge in [0, 0.05) is 12.2 Å². The standard InChI is InChI=1S/C14H24O4/c1-5-7-11(3)17-13(15)9-10-14(16)18-12(4)8-6-2/h9-12H,5-8H2,1-4H3/b10-9+. The Bertz CT molecular complexity index is 256. The third kappa shape index (κ3) is 8.79. The Hall–Kier alpha value is -1.32. The minimum Gasteiger partial charge on any atom is -0.460 e. The first-order valence-corrected chi connectivity index (χ1v) is 6.58. The lowest BCUT2D eigenvalue weighted by molar-refractivity contribution is -0.145. The molecule has 0 N–H and O–H groups in total. The zero-order valence-electron chi connectivity index (χ0n) is 11.8. The van der Waals surface area contributed by atoms with Crippen molar-refractivity contribution < 1.29 is 19.1 Å². The van der Waals surface area contributed by atoms with E-state index in [1.807, 2.05) is 27.7 Å². The molecule has 2 atom stereocenters. The minimum absolute atomic E-state index is 0.123. The second-order valence-corrected chi connectivity index (χ2v) is 4.41. The van der Waals surface area contributed by atoms with Gasteiger partial charge in [-0.15, -0.1) is 0 Å². The maximum Gasteiger partial charge on any atom is 0.331 e. The molecule has 0 rings (SSSR count). The summed E-state index contributed by atoms with van der Waals surface area (Å²) in [6.45, 7) is 7.70. The van der Waals surface area contributed by atoms with Crippen LogP contribution in [0.5, 0.6) is 0 Å². The number of carbonyl (C=O) groups excluding carboxylic acids is 2. The van der Waals surface area contributed by atoms with E-state index in [0.717, 1.165) is 37.8 Å². The van der Waals surface area contributed by atoms with Gasteiger partial charge in [-0.25, -0.2) is 9.59 Å². The highest BCUT2D eigenvalue weighted by molar-refractivity contribution is 5.91. The summed E-state index contributed by atoms with van der Waals surface area (Å²) in [5.74, 6) is -1.01. The van der Waals surface area contributed by atoms with E-state index in [9.17, 15) is 9.59 Å². The minimum atomic E-state index is -0.504. The van der Waals surface area contributed by atoms with Gasteiger partial charge in [-0.05, 0) is 26.7 Å². The fourth-order valence-electron chi connectivity index (χ4n) is 1.54. The van der Waals surface area contributed by atoms with Gasteiger partial charge < -0.3 is 9.47 Å². The second kappa shape index (κ2) is 9.68. The third-order valence-corrected chi connectivity index (χ3v) is 2.38. The monoisotopic (exact) mass is 256 g/mol. The van der Waals surface area contributed by atoms with Gasteiger partial charge >= 0.3 is 11.9 Å². The molecule has 0 aromatic rings. The first-order chi connectivity index (χ1) is 8.49. The van der Waals surface area contributed by atoms with Crippen LogP contribution >= 0.6 is 0 Å². The Morgan fingerprint density at radius 2 is 1.22 bits per heavy atom. The summed E-state index contributed by atoms with van der Waals surface area (Å²) in [7, 11) is 0. The summed E-state index contributed by atoms with van der Waals surface area (Å²) in [5, 5.41) is 0. The van der Waals surface area contributed by atoms with E-state index < -0.39 is 11.9 Å². The Morgan fingerprint density at radius 1 is 0.889 bits per heavy atom. The van der Waals surface area contributed by atoms with Crippen LogP contribution in [0.1, 0.15) is 53.4 Å². The normalized spacial score (nSPS) is 14.2. The quantitative estimate of drug-likeness (QED) is 0.495. The van der Waals surface area contributed by atoms with Gasteiger partial charge in [-0.1, -0.05) is 26.7 Å². The molecule has 0 saturated carbocycles. The Labute approximate surface area is 109 Å². The van der Waals surface area contributed by atoms with Gasteiger partial charge in [-0.2, -0.15) is 0 Å². The van der Waals surface area contributed by atoms with Crippen molar-refractivity contribution in [1.82, 2.24) is 0 Å². The molecular formula is C14H24O4. The predicted molar refractivity (Wildman–Crippen MR) is 70.1 cm³/mol. The van der Waals surface area contributed by atoms with Gasteiger partial charge in [0.25, 0.3) is 0 Å². The fourth-order valence-corrected chi connectivity index (χ4v) is 1.54. The van der Waals surface area contributed by atoms with Crippen LogP contribution in [0.3, 0.4) is 0 Å². The topological polar surface area (TPSA) is 52.6 Å². The lowest BCUT2D eigenvalue weighted by Gasteiger charge is -2.11. The van der Waals surface area contributed by atoms with Crippen LogP contribution in [0.4, 0.5) is 0 Å². The van der Waals surface area contributed by atoms with Crippen LogP contribution in [-0.2, 0) is 19.1 Å². The van der Waals surface area contributed by atoms with Crippen LogP contribution in [0.15, 0.2) is 12.2 Å². The summed E-state index contributed by atoms with van der Waals surface area (Å²) >= 11 is 0. The van der Waals surface area contributed by atoms with E-state index in [-0.39, 0.29) is 12.2 Å². The second-order valence-electron chi connectivity index (χ2n) is 4.41. The number of ether oxygens (including phenoxy) is 2. The molecule has 0 aliphatic carbocycles. The molecule has 0 aromatic carbocycles. The summed E-state index contributed by atoms with van der Waals surface area (Å²) < 4.78 is 10.1. The lowest BCUT2D eigenvalue weighted by atomic mass is 10.2. The number of hydrogen-bond acceptors (Lipinski definition) is 4. The van der Waals surface area contributed by atoms with E-state index in [4.69, 9.17) is 9.47 Å². The van der Waals surface area contributed by atoms with Crippen LogP contribution in [0.25, 0.3) is 0 Å². The summed E-state index contributed by atoms with van der Waals surface area (Å²) in [4.78, 5) is 22.7. The van der Waals surface area contributed by atoms with Gasteiger partial charge in [0.1, 0.15) is 0 Å². The number of esters is 2. The molecule has 0 amide bonds. The molecule has 0 heterocycles. The zero-order valence-corrected chi connectivity index (χ0v) is 11.8. The van der Waals surface area contributed by atoms with Crippen molar-refractivity contribution in [2.75, 3.05) is 0 Å². The molecule has 4 heteroatoms. The first-order valence-electron chi connectivity index (χ1n) is 6.58. The van der Waals surface area contributed by atoms with Crippen molar-refractivity contribution in [2.45, 2.75) is 65.6 Å². The van der Waals surface area contributed by atoms with Crippen molar-refractivity contribution >= 4 is 11.9 Å². The van der Waals surface area contributed by atoms with E-state index in [1.54, 1.807) is 0 Å². The van der Waals surface area contributed by atoms with Gasteiger partial charge in [0.2, 0.25) is 0 Å². The SMILES string of the molecule is CCCC(C)OC(=O)/C=C/C(=O)OC(C)CCC. The highest BCUT2D eigenvalue weighted by atomic mass is 16.5. The van der Waals surface area contributed by atoms with E-state index in [2.05, 4.69) is 0 Å². The number of hydrogen-bond donors (Lipinski definition) is 0. The Kier molecular flexibility index (Phi) is 8.97. The molecule has 0 aliphatic heterocycles. The van der Waals surface area contributed by atoms with Crippen molar-refractivity contribution in [3.05, 3.63) is 12.2 Å². The maximum absolute atomic E-state index is 11.3. The maximum atomic E-state index is 11.3. The lowest BCUT2D eigenvalue weighted by Crippen LogP contribution is -2.15. The summed E-state index contributed by atoms with van der Waals surface area (Å²) in [6, 6.07) is 0. The summed E-state index contributed by atoms with van der Waals surface area (Å²) in [5.41, 5.74) is 0. The van der Waals surface area contributed by atoms with Crippen molar-refractivity contribution in [3.8, 4) is 0 Å². The van der Waals surface area contributed by atoms with Crippen LogP contribution in [-0.4, -0.2) is 24.1 Å². The van der Waals surface area contributed by atoms with E-state index in [1.165, 1.54) is 0 Å². The van der Waals surface area contributed by atoms with Crippen molar-refractivity contribution in [1.29, 1.82) is 0 Å². The molecular weight excluding hydrogens is 232 g/mol. The van der Waals surface area contributed by atoms with Crippen molar-refractivity contribution in [2.24, 2.45) is 0 Å².